The minimum Gasteiger partial charge on any atom is -0.207 e. The Hall–Kier alpha value is -1.38. The maximum atomic E-state index is 12.5. The SMILES string of the molecule is CCCN(CC#N)S(=O)(=O)c1ccc2c(c1)CCC2. The van der Waals surface area contributed by atoms with Crippen molar-refractivity contribution in [2.45, 2.75) is 37.5 Å². The number of benzene rings is 1. The van der Waals surface area contributed by atoms with Crippen LogP contribution in [0.1, 0.15) is 30.9 Å². The summed E-state index contributed by atoms with van der Waals surface area (Å²) in [5, 5.41) is 8.77. The van der Waals surface area contributed by atoms with E-state index < -0.39 is 10.0 Å². The van der Waals surface area contributed by atoms with Crippen LogP contribution in [-0.4, -0.2) is 25.8 Å². The molecule has 0 fully saturated rings. The highest BCUT2D eigenvalue weighted by molar-refractivity contribution is 7.89. The summed E-state index contributed by atoms with van der Waals surface area (Å²) in [5.41, 5.74) is 2.38. The van der Waals surface area contributed by atoms with Gasteiger partial charge < -0.3 is 0 Å². The monoisotopic (exact) mass is 278 g/mol. The molecule has 0 aromatic heterocycles. The fraction of sp³-hybridized carbons (Fsp3) is 0.500. The highest BCUT2D eigenvalue weighted by Crippen LogP contribution is 2.26. The average molecular weight is 278 g/mol. The molecule has 0 radical (unpaired) electrons. The third-order valence-corrected chi connectivity index (χ3v) is 5.27. The number of hydrogen-bond acceptors (Lipinski definition) is 3. The second kappa shape index (κ2) is 5.72. The molecule has 0 bridgehead atoms. The van der Waals surface area contributed by atoms with E-state index in [4.69, 9.17) is 5.26 Å². The van der Waals surface area contributed by atoms with Gasteiger partial charge in [-0.05, 0) is 48.9 Å². The fourth-order valence-electron chi connectivity index (χ4n) is 2.47. The fourth-order valence-corrected chi connectivity index (χ4v) is 3.95. The van der Waals surface area contributed by atoms with Gasteiger partial charge in [-0.2, -0.15) is 9.57 Å². The van der Waals surface area contributed by atoms with Gasteiger partial charge in [0.2, 0.25) is 10.0 Å². The van der Waals surface area contributed by atoms with Gasteiger partial charge in [0.1, 0.15) is 6.54 Å². The van der Waals surface area contributed by atoms with Gasteiger partial charge >= 0.3 is 0 Å². The largest absolute Gasteiger partial charge is 0.244 e. The normalized spacial score (nSPS) is 14.4. The summed E-state index contributed by atoms with van der Waals surface area (Å²) in [5.74, 6) is 0. The van der Waals surface area contributed by atoms with Gasteiger partial charge in [-0.25, -0.2) is 8.42 Å². The van der Waals surface area contributed by atoms with Gasteiger partial charge in [0.15, 0.2) is 0 Å². The van der Waals surface area contributed by atoms with Crippen LogP contribution < -0.4 is 0 Å². The first kappa shape index (κ1) is 14.0. The lowest BCUT2D eigenvalue weighted by Crippen LogP contribution is -2.32. The summed E-state index contributed by atoms with van der Waals surface area (Å²) in [6.07, 6.45) is 3.78. The predicted octanol–water partition coefficient (Wildman–Crippen LogP) is 2.10. The number of sulfonamides is 1. The van der Waals surface area contributed by atoms with Crippen molar-refractivity contribution in [3.63, 3.8) is 0 Å². The van der Waals surface area contributed by atoms with Gasteiger partial charge in [0, 0.05) is 6.54 Å². The molecule has 0 spiro atoms. The average Bonchev–Trinajstić information content (AvgIpc) is 2.85. The second-order valence-corrected chi connectivity index (χ2v) is 6.72. The first-order valence-electron chi connectivity index (χ1n) is 6.58. The van der Waals surface area contributed by atoms with Gasteiger partial charge in [0.25, 0.3) is 0 Å². The number of nitrogens with zero attached hydrogens (tertiary/aromatic N) is 2. The Morgan fingerprint density at radius 2 is 2.05 bits per heavy atom. The minimum atomic E-state index is -3.54. The van der Waals surface area contributed by atoms with Crippen molar-refractivity contribution in [3.8, 4) is 6.07 Å². The van der Waals surface area contributed by atoms with E-state index in [1.54, 1.807) is 12.1 Å². The number of aryl methyl sites for hydroxylation is 2. The van der Waals surface area contributed by atoms with E-state index in [-0.39, 0.29) is 6.54 Å². The molecule has 0 saturated carbocycles. The van der Waals surface area contributed by atoms with Gasteiger partial charge in [0.05, 0.1) is 11.0 Å². The maximum absolute atomic E-state index is 12.5. The molecular formula is C14H18N2O2S. The minimum absolute atomic E-state index is 0.0900. The molecule has 2 rings (SSSR count). The molecule has 5 heteroatoms. The van der Waals surface area contributed by atoms with Crippen molar-refractivity contribution in [3.05, 3.63) is 29.3 Å². The molecule has 102 valence electrons. The smallest absolute Gasteiger partial charge is 0.207 e. The first-order valence-corrected chi connectivity index (χ1v) is 8.02. The Morgan fingerprint density at radius 3 is 2.74 bits per heavy atom. The van der Waals surface area contributed by atoms with Crippen LogP contribution in [0, 0.1) is 11.3 Å². The van der Waals surface area contributed by atoms with Crippen LogP contribution in [0.5, 0.6) is 0 Å². The van der Waals surface area contributed by atoms with Gasteiger partial charge in [-0.15, -0.1) is 0 Å². The third-order valence-electron chi connectivity index (χ3n) is 3.43. The molecule has 1 aromatic rings. The molecule has 0 atom stereocenters. The molecule has 19 heavy (non-hydrogen) atoms. The van der Waals surface area contributed by atoms with Crippen molar-refractivity contribution < 1.29 is 8.42 Å². The van der Waals surface area contributed by atoms with E-state index in [0.29, 0.717) is 17.9 Å². The zero-order valence-corrected chi connectivity index (χ0v) is 11.9. The van der Waals surface area contributed by atoms with Crippen LogP contribution in [-0.2, 0) is 22.9 Å². The highest BCUT2D eigenvalue weighted by Gasteiger charge is 2.25. The van der Waals surface area contributed by atoms with Crippen LogP contribution >= 0.6 is 0 Å². The molecule has 1 aliphatic rings. The molecule has 4 nitrogen and oxygen atoms in total. The van der Waals surface area contributed by atoms with Crippen molar-refractivity contribution in [2.24, 2.45) is 0 Å². The zero-order chi connectivity index (χ0) is 13.9. The molecule has 0 N–H and O–H groups in total. The van der Waals surface area contributed by atoms with Crippen molar-refractivity contribution in [1.29, 1.82) is 5.26 Å². The lowest BCUT2D eigenvalue weighted by atomic mass is 10.1. The van der Waals surface area contributed by atoms with Crippen LogP contribution in [0.15, 0.2) is 23.1 Å². The summed E-state index contributed by atoms with van der Waals surface area (Å²) in [6, 6.07) is 7.28. The second-order valence-electron chi connectivity index (χ2n) is 4.78. The van der Waals surface area contributed by atoms with Crippen molar-refractivity contribution >= 4 is 10.0 Å². The Kier molecular flexibility index (Phi) is 4.23. The summed E-state index contributed by atoms with van der Waals surface area (Å²) in [6.45, 7) is 2.20. The molecule has 0 unspecified atom stereocenters. The first-order chi connectivity index (χ1) is 9.09. The summed E-state index contributed by atoms with van der Waals surface area (Å²) in [7, 11) is -3.54. The lowest BCUT2D eigenvalue weighted by molar-refractivity contribution is 0.444. The Labute approximate surface area is 114 Å². The lowest BCUT2D eigenvalue weighted by Gasteiger charge is -2.19. The summed E-state index contributed by atoms with van der Waals surface area (Å²) < 4.78 is 26.2. The molecule has 0 aliphatic heterocycles. The number of fused-ring (bicyclic) bond motifs is 1. The van der Waals surface area contributed by atoms with E-state index >= 15 is 0 Å². The predicted molar refractivity (Wildman–Crippen MR) is 73.1 cm³/mol. The van der Waals surface area contributed by atoms with E-state index in [0.717, 1.165) is 24.8 Å². The molecule has 0 amide bonds. The molecular weight excluding hydrogens is 260 g/mol. The van der Waals surface area contributed by atoms with Gasteiger partial charge in [-0.3, -0.25) is 0 Å². The van der Waals surface area contributed by atoms with E-state index in [1.807, 2.05) is 19.1 Å². The van der Waals surface area contributed by atoms with E-state index in [1.165, 1.54) is 9.87 Å². The van der Waals surface area contributed by atoms with Crippen LogP contribution in [0.25, 0.3) is 0 Å². The Bertz CT molecular complexity index is 602. The van der Waals surface area contributed by atoms with E-state index in [9.17, 15) is 8.42 Å². The Balaban J connectivity index is 2.35. The van der Waals surface area contributed by atoms with E-state index in [2.05, 4.69) is 0 Å². The standard InChI is InChI=1S/C14H18N2O2S/c1-2-9-16(10-8-15)19(17,18)14-7-6-12-4-3-5-13(12)11-14/h6-7,11H,2-5,9-10H2,1H3. The maximum Gasteiger partial charge on any atom is 0.244 e. The number of hydrogen-bond donors (Lipinski definition) is 0. The zero-order valence-electron chi connectivity index (χ0n) is 11.1. The summed E-state index contributed by atoms with van der Waals surface area (Å²) in [4.78, 5) is 0.317. The number of rotatable bonds is 5. The topological polar surface area (TPSA) is 61.2 Å². The highest BCUT2D eigenvalue weighted by atomic mass is 32.2. The molecule has 0 saturated heterocycles. The quantitative estimate of drug-likeness (QED) is 0.775. The van der Waals surface area contributed by atoms with Crippen LogP contribution in [0.4, 0.5) is 0 Å². The van der Waals surface area contributed by atoms with Crippen LogP contribution in [0.2, 0.25) is 0 Å². The number of nitriles is 1. The molecule has 1 aliphatic carbocycles. The van der Waals surface area contributed by atoms with Gasteiger partial charge in [-0.1, -0.05) is 13.0 Å². The van der Waals surface area contributed by atoms with Crippen molar-refractivity contribution in [2.75, 3.05) is 13.1 Å². The summed E-state index contributed by atoms with van der Waals surface area (Å²) >= 11 is 0. The van der Waals surface area contributed by atoms with Crippen LogP contribution in [0.3, 0.4) is 0 Å². The Morgan fingerprint density at radius 1 is 1.32 bits per heavy atom. The van der Waals surface area contributed by atoms with Crippen molar-refractivity contribution in [1.82, 2.24) is 4.31 Å². The third kappa shape index (κ3) is 2.80. The molecule has 1 aromatic carbocycles. The molecule has 0 heterocycles.